The Bertz CT molecular complexity index is 352. The Labute approximate surface area is 82.4 Å². The maximum absolute atomic E-state index is 4.16. The van der Waals surface area contributed by atoms with Gasteiger partial charge in [-0.3, -0.25) is 4.68 Å². The van der Waals surface area contributed by atoms with Gasteiger partial charge in [0, 0.05) is 18.3 Å². The molecule has 0 aliphatic rings. The van der Waals surface area contributed by atoms with Crippen LogP contribution in [0.2, 0.25) is 0 Å². The zero-order valence-electron chi connectivity index (χ0n) is 7.27. The van der Waals surface area contributed by atoms with Crippen molar-refractivity contribution in [1.29, 1.82) is 0 Å². The van der Waals surface area contributed by atoms with Crippen LogP contribution >= 0.6 is 12.4 Å². The minimum Gasteiger partial charge on any atom is -0.345 e. The maximum atomic E-state index is 4.16. The van der Waals surface area contributed by atoms with Crippen molar-refractivity contribution in [2.45, 2.75) is 13.5 Å². The second kappa shape index (κ2) is 4.09. The van der Waals surface area contributed by atoms with Crippen molar-refractivity contribution in [3.63, 3.8) is 0 Å². The highest BCUT2D eigenvalue weighted by atomic mass is 35.5. The van der Waals surface area contributed by atoms with Crippen LogP contribution in [0.3, 0.4) is 0 Å². The van der Waals surface area contributed by atoms with Gasteiger partial charge in [-0.25, -0.2) is 4.98 Å². The lowest BCUT2D eigenvalue weighted by molar-refractivity contribution is 0.660. The number of hydrogen-bond acceptors (Lipinski definition) is 2. The second-order valence-corrected chi connectivity index (χ2v) is 2.55. The standard InChI is InChI=1S/C8H10N4.ClH/c1-2-12-5-7(3-11-12)8-4-9-6-10-8;/h3-6H,2H2,1H3,(H,9,10);1H. The van der Waals surface area contributed by atoms with Gasteiger partial charge >= 0.3 is 0 Å². The molecule has 0 amide bonds. The molecule has 0 atom stereocenters. The summed E-state index contributed by atoms with van der Waals surface area (Å²) < 4.78 is 1.89. The van der Waals surface area contributed by atoms with Crippen LogP contribution in [0.1, 0.15) is 6.92 Å². The van der Waals surface area contributed by atoms with E-state index in [4.69, 9.17) is 0 Å². The fraction of sp³-hybridized carbons (Fsp3) is 0.250. The van der Waals surface area contributed by atoms with E-state index in [0.717, 1.165) is 17.8 Å². The third kappa shape index (κ3) is 1.89. The van der Waals surface area contributed by atoms with Crippen LogP contribution < -0.4 is 0 Å². The molecular weight excluding hydrogens is 188 g/mol. The van der Waals surface area contributed by atoms with Gasteiger partial charge in [-0.15, -0.1) is 12.4 Å². The van der Waals surface area contributed by atoms with E-state index in [1.165, 1.54) is 0 Å². The van der Waals surface area contributed by atoms with Crippen LogP contribution in [-0.4, -0.2) is 19.7 Å². The molecular formula is C8H11ClN4. The Morgan fingerprint density at radius 3 is 2.85 bits per heavy atom. The van der Waals surface area contributed by atoms with Crippen molar-refractivity contribution < 1.29 is 0 Å². The number of nitrogens with one attached hydrogen (secondary N) is 1. The topological polar surface area (TPSA) is 46.5 Å². The minimum absolute atomic E-state index is 0. The van der Waals surface area contributed by atoms with Gasteiger partial charge in [-0.1, -0.05) is 0 Å². The first kappa shape index (κ1) is 9.80. The highest BCUT2D eigenvalue weighted by Gasteiger charge is 2.00. The van der Waals surface area contributed by atoms with Crippen molar-refractivity contribution in [3.8, 4) is 11.3 Å². The molecule has 0 radical (unpaired) electrons. The van der Waals surface area contributed by atoms with Crippen LogP contribution in [0, 0.1) is 0 Å². The average molecular weight is 199 g/mol. The fourth-order valence-corrected chi connectivity index (χ4v) is 1.09. The third-order valence-electron chi connectivity index (χ3n) is 1.77. The Morgan fingerprint density at radius 1 is 1.46 bits per heavy atom. The van der Waals surface area contributed by atoms with Gasteiger partial charge in [-0.05, 0) is 6.92 Å². The van der Waals surface area contributed by atoms with E-state index in [1.54, 1.807) is 12.5 Å². The number of halogens is 1. The van der Waals surface area contributed by atoms with E-state index in [-0.39, 0.29) is 12.4 Å². The van der Waals surface area contributed by atoms with E-state index in [2.05, 4.69) is 22.0 Å². The van der Waals surface area contributed by atoms with Crippen LogP contribution in [0.4, 0.5) is 0 Å². The van der Waals surface area contributed by atoms with Gasteiger partial charge in [0.1, 0.15) is 0 Å². The first-order valence-corrected chi connectivity index (χ1v) is 3.91. The van der Waals surface area contributed by atoms with Crippen LogP contribution in [0.15, 0.2) is 24.9 Å². The lowest BCUT2D eigenvalue weighted by atomic mass is 10.3. The number of H-pyrrole nitrogens is 1. The Morgan fingerprint density at radius 2 is 2.31 bits per heavy atom. The molecule has 2 heterocycles. The molecule has 0 fully saturated rings. The monoisotopic (exact) mass is 198 g/mol. The highest BCUT2D eigenvalue weighted by molar-refractivity contribution is 5.85. The summed E-state index contributed by atoms with van der Waals surface area (Å²) in [5.41, 5.74) is 2.09. The second-order valence-electron chi connectivity index (χ2n) is 2.55. The van der Waals surface area contributed by atoms with Crippen molar-refractivity contribution >= 4 is 12.4 Å². The largest absolute Gasteiger partial charge is 0.345 e. The third-order valence-corrected chi connectivity index (χ3v) is 1.77. The summed E-state index contributed by atoms with van der Waals surface area (Å²) in [7, 11) is 0. The van der Waals surface area contributed by atoms with Crippen LogP contribution in [-0.2, 0) is 6.54 Å². The van der Waals surface area contributed by atoms with Crippen molar-refractivity contribution in [2.24, 2.45) is 0 Å². The maximum Gasteiger partial charge on any atom is 0.0924 e. The number of aromatic nitrogens is 4. The molecule has 0 aliphatic heterocycles. The molecule has 0 unspecified atom stereocenters. The SMILES string of the molecule is CCn1cc(-c2cnc[nH]2)cn1.Cl. The van der Waals surface area contributed by atoms with Gasteiger partial charge in [0.15, 0.2) is 0 Å². The summed E-state index contributed by atoms with van der Waals surface area (Å²) in [6.07, 6.45) is 7.28. The number of aryl methyl sites for hydroxylation is 1. The molecule has 13 heavy (non-hydrogen) atoms. The predicted molar refractivity (Wildman–Crippen MR) is 52.7 cm³/mol. The van der Waals surface area contributed by atoms with E-state index in [1.807, 2.05) is 17.1 Å². The van der Waals surface area contributed by atoms with E-state index in [9.17, 15) is 0 Å². The molecule has 0 saturated heterocycles. The Hall–Kier alpha value is -1.29. The van der Waals surface area contributed by atoms with Gasteiger partial charge in [-0.2, -0.15) is 5.10 Å². The molecule has 70 valence electrons. The van der Waals surface area contributed by atoms with Gasteiger partial charge in [0.05, 0.1) is 24.4 Å². The quantitative estimate of drug-likeness (QED) is 0.799. The van der Waals surface area contributed by atoms with Crippen molar-refractivity contribution in [3.05, 3.63) is 24.9 Å². The highest BCUT2D eigenvalue weighted by Crippen LogP contribution is 2.13. The molecule has 2 aromatic rings. The van der Waals surface area contributed by atoms with Crippen molar-refractivity contribution in [2.75, 3.05) is 0 Å². The van der Waals surface area contributed by atoms with Gasteiger partial charge in [0.25, 0.3) is 0 Å². The molecule has 2 aromatic heterocycles. The molecule has 0 aromatic carbocycles. The van der Waals surface area contributed by atoms with Gasteiger partial charge < -0.3 is 4.98 Å². The van der Waals surface area contributed by atoms with Crippen LogP contribution in [0.25, 0.3) is 11.3 Å². The zero-order valence-corrected chi connectivity index (χ0v) is 8.08. The summed E-state index contributed by atoms with van der Waals surface area (Å²) in [5.74, 6) is 0. The Kier molecular flexibility index (Phi) is 3.08. The average Bonchev–Trinajstić information content (AvgIpc) is 2.75. The first-order valence-electron chi connectivity index (χ1n) is 3.91. The fourth-order valence-electron chi connectivity index (χ4n) is 1.09. The smallest absolute Gasteiger partial charge is 0.0924 e. The number of rotatable bonds is 2. The number of imidazole rings is 1. The minimum atomic E-state index is 0. The normalized spacial score (nSPS) is 9.62. The summed E-state index contributed by atoms with van der Waals surface area (Å²) in [5, 5.41) is 4.16. The molecule has 0 aliphatic carbocycles. The van der Waals surface area contributed by atoms with Crippen molar-refractivity contribution in [1.82, 2.24) is 19.7 Å². The summed E-state index contributed by atoms with van der Waals surface area (Å²) in [6, 6.07) is 0. The number of nitrogens with zero attached hydrogens (tertiary/aromatic N) is 3. The Balaban J connectivity index is 0.000000845. The van der Waals surface area contributed by atoms with Crippen LogP contribution in [0.5, 0.6) is 0 Å². The molecule has 0 saturated carbocycles. The zero-order chi connectivity index (χ0) is 8.39. The molecule has 1 N–H and O–H groups in total. The molecule has 0 bridgehead atoms. The van der Waals surface area contributed by atoms with E-state index in [0.29, 0.717) is 0 Å². The molecule has 4 nitrogen and oxygen atoms in total. The van der Waals surface area contributed by atoms with Gasteiger partial charge in [0.2, 0.25) is 0 Å². The first-order chi connectivity index (χ1) is 5.90. The van der Waals surface area contributed by atoms with E-state index >= 15 is 0 Å². The lowest BCUT2D eigenvalue weighted by Crippen LogP contribution is -1.91. The summed E-state index contributed by atoms with van der Waals surface area (Å²) >= 11 is 0. The number of hydrogen-bond donors (Lipinski definition) is 1. The summed E-state index contributed by atoms with van der Waals surface area (Å²) in [4.78, 5) is 6.97. The summed E-state index contributed by atoms with van der Waals surface area (Å²) in [6.45, 7) is 2.96. The van der Waals surface area contributed by atoms with E-state index < -0.39 is 0 Å². The lowest BCUT2D eigenvalue weighted by Gasteiger charge is -1.90. The molecule has 5 heteroatoms. The molecule has 0 spiro atoms. The molecule has 2 rings (SSSR count). The number of aromatic amines is 1. The predicted octanol–water partition coefficient (Wildman–Crippen LogP) is 1.71.